The standard InChI is InChI=1S/C10H12BrNO2S/c11-9-7(3-5-15-9)6-12-4-1-2-8(12)10(13)14/h3,5,8H,1-2,4,6H2,(H,13,14). The van der Waals surface area contributed by atoms with E-state index >= 15 is 0 Å². The quantitative estimate of drug-likeness (QED) is 0.930. The van der Waals surface area contributed by atoms with Crippen molar-refractivity contribution in [3.8, 4) is 0 Å². The number of nitrogens with zero attached hydrogens (tertiary/aromatic N) is 1. The van der Waals surface area contributed by atoms with Crippen LogP contribution in [0.1, 0.15) is 18.4 Å². The van der Waals surface area contributed by atoms with Gasteiger partial charge in [-0.05, 0) is 52.3 Å². The molecule has 0 aliphatic carbocycles. The van der Waals surface area contributed by atoms with Gasteiger partial charge in [0.15, 0.2) is 0 Å². The summed E-state index contributed by atoms with van der Waals surface area (Å²) in [6.45, 7) is 1.63. The minimum Gasteiger partial charge on any atom is -0.480 e. The van der Waals surface area contributed by atoms with Crippen molar-refractivity contribution in [1.82, 2.24) is 4.90 Å². The highest BCUT2D eigenvalue weighted by Gasteiger charge is 2.30. The number of hydrogen-bond donors (Lipinski definition) is 1. The van der Waals surface area contributed by atoms with Crippen molar-refractivity contribution in [2.75, 3.05) is 6.54 Å². The molecule has 0 amide bonds. The predicted molar refractivity (Wildman–Crippen MR) is 63.1 cm³/mol. The third kappa shape index (κ3) is 2.41. The van der Waals surface area contributed by atoms with Gasteiger partial charge in [0, 0.05) is 6.54 Å². The van der Waals surface area contributed by atoms with Gasteiger partial charge in [-0.1, -0.05) is 0 Å². The van der Waals surface area contributed by atoms with Crippen molar-refractivity contribution in [3.05, 3.63) is 20.8 Å². The van der Waals surface area contributed by atoms with Crippen LogP contribution in [0.5, 0.6) is 0 Å². The van der Waals surface area contributed by atoms with Gasteiger partial charge in [0.2, 0.25) is 0 Å². The molecule has 1 aliphatic rings. The van der Waals surface area contributed by atoms with E-state index in [1.165, 1.54) is 5.56 Å². The summed E-state index contributed by atoms with van der Waals surface area (Å²) in [5, 5.41) is 11.0. The SMILES string of the molecule is O=C(O)C1CCCN1Cc1ccsc1Br. The summed E-state index contributed by atoms with van der Waals surface area (Å²) in [6, 6.07) is 1.75. The molecule has 2 heterocycles. The van der Waals surface area contributed by atoms with Crippen LogP contribution in [0.15, 0.2) is 15.2 Å². The van der Waals surface area contributed by atoms with Gasteiger partial charge < -0.3 is 5.11 Å². The summed E-state index contributed by atoms with van der Waals surface area (Å²) in [5.41, 5.74) is 1.19. The van der Waals surface area contributed by atoms with Crippen molar-refractivity contribution < 1.29 is 9.90 Å². The minimum absolute atomic E-state index is 0.295. The van der Waals surface area contributed by atoms with Crippen molar-refractivity contribution in [2.24, 2.45) is 0 Å². The summed E-state index contributed by atoms with van der Waals surface area (Å²) < 4.78 is 1.11. The molecule has 0 bridgehead atoms. The number of carboxylic acids is 1. The van der Waals surface area contributed by atoms with Crippen LogP contribution in [0.25, 0.3) is 0 Å². The van der Waals surface area contributed by atoms with Crippen LogP contribution < -0.4 is 0 Å². The first-order valence-electron chi connectivity index (χ1n) is 4.87. The zero-order valence-corrected chi connectivity index (χ0v) is 10.6. The number of halogens is 1. The maximum atomic E-state index is 11.0. The van der Waals surface area contributed by atoms with E-state index in [1.54, 1.807) is 11.3 Å². The fourth-order valence-electron chi connectivity index (χ4n) is 1.95. The minimum atomic E-state index is -0.696. The summed E-state index contributed by atoms with van der Waals surface area (Å²) in [4.78, 5) is 13.0. The molecule has 1 saturated heterocycles. The monoisotopic (exact) mass is 289 g/mol. The van der Waals surface area contributed by atoms with E-state index in [9.17, 15) is 4.79 Å². The summed E-state index contributed by atoms with van der Waals surface area (Å²) in [6.07, 6.45) is 1.76. The molecule has 5 heteroatoms. The molecular weight excluding hydrogens is 278 g/mol. The second-order valence-electron chi connectivity index (χ2n) is 3.69. The number of carbonyl (C=O) groups is 1. The van der Waals surface area contributed by atoms with E-state index in [-0.39, 0.29) is 6.04 Å². The molecule has 1 unspecified atom stereocenters. The fourth-order valence-corrected chi connectivity index (χ4v) is 3.16. The lowest BCUT2D eigenvalue weighted by atomic mass is 10.2. The lowest BCUT2D eigenvalue weighted by Gasteiger charge is -2.20. The van der Waals surface area contributed by atoms with Crippen molar-refractivity contribution >= 4 is 33.2 Å². The average molecular weight is 290 g/mol. The molecule has 0 radical (unpaired) electrons. The summed E-state index contributed by atoms with van der Waals surface area (Å²) in [7, 11) is 0. The zero-order chi connectivity index (χ0) is 10.8. The van der Waals surface area contributed by atoms with E-state index in [4.69, 9.17) is 5.11 Å². The largest absolute Gasteiger partial charge is 0.480 e. The summed E-state index contributed by atoms with van der Waals surface area (Å²) in [5.74, 6) is -0.696. The van der Waals surface area contributed by atoms with Crippen LogP contribution in [0, 0.1) is 0 Å². The molecule has 1 fully saturated rings. The van der Waals surface area contributed by atoms with Gasteiger partial charge in [0.25, 0.3) is 0 Å². The topological polar surface area (TPSA) is 40.5 Å². The number of aliphatic carboxylic acids is 1. The van der Waals surface area contributed by atoms with Crippen molar-refractivity contribution in [3.63, 3.8) is 0 Å². The normalized spacial score (nSPS) is 22.1. The van der Waals surface area contributed by atoms with Gasteiger partial charge >= 0.3 is 5.97 Å². The third-order valence-corrected chi connectivity index (χ3v) is 4.53. The Hall–Kier alpha value is -0.390. The van der Waals surface area contributed by atoms with E-state index in [0.29, 0.717) is 0 Å². The smallest absolute Gasteiger partial charge is 0.320 e. The molecule has 0 aromatic carbocycles. The molecule has 82 valence electrons. The van der Waals surface area contributed by atoms with Gasteiger partial charge in [-0.25, -0.2) is 0 Å². The van der Waals surface area contributed by atoms with Crippen LogP contribution >= 0.6 is 27.3 Å². The Labute approximate surface area is 101 Å². The number of hydrogen-bond acceptors (Lipinski definition) is 3. The molecule has 0 spiro atoms. The lowest BCUT2D eigenvalue weighted by molar-refractivity contribution is -0.142. The van der Waals surface area contributed by atoms with Crippen molar-refractivity contribution in [2.45, 2.75) is 25.4 Å². The summed E-state index contributed by atoms with van der Waals surface area (Å²) >= 11 is 5.11. The second-order valence-corrected chi connectivity index (χ2v) is 5.92. The molecular formula is C10H12BrNO2S. The Balaban J connectivity index is 2.06. The molecule has 3 nitrogen and oxygen atoms in total. The van der Waals surface area contributed by atoms with Crippen molar-refractivity contribution in [1.29, 1.82) is 0 Å². The molecule has 1 aromatic rings. The molecule has 1 N–H and O–H groups in total. The highest BCUT2D eigenvalue weighted by Crippen LogP contribution is 2.27. The Bertz CT molecular complexity index is 366. The van der Waals surface area contributed by atoms with Gasteiger partial charge in [-0.2, -0.15) is 0 Å². The molecule has 2 rings (SSSR count). The van der Waals surface area contributed by atoms with Gasteiger partial charge in [-0.3, -0.25) is 9.69 Å². The number of thiophene rings is 1. The van der Waals surface area contributed by atoms with Gasteiger partial charge in [-0.15, -0.1) is 11.3 Å². The van der Waals surface area contributed by atoms with Gasteiger partial charge in [0.1, 0.15) is 6.04 Å². The fraction of sp³-hybridized carbons (Fsp3) is 0.500. The molecule has 1 aromatic heterocycles. The average Bonchev–Trinajstić information content (AvgIpc) is 2.77. The maximum absolute atomic E-state index is 11.0. The zero-order valence-electron chi connectivity index (χ0n) is 8.15. The first-order valence-corrected chi connectivity index (χ1v) is 6.54. The predicted octanol–water partition coefficient (Wildman–Crippen LogP) is 2.56. The Morgan fingerprint density at radius 1 is 1.73 bits per heavy atom. The number of rotatable bonds is 3. The molecule has 0 saturated carbocycles. The second kappa shape index (κ2) is 4.63. The van der Waals surface area contributed by atoms with E-state index in [0.717, 1.165) is 29.7 Å². The Morgan fingerprint density at radius 3 is 3.13 bits per heavy atom. The third-order valence-electron chi connectivity index (χ3n) is 2.72. The first kappa shape index (κ1) is 11.1. The Morgan fingerprint density at radius 2 is 2.53 bits per heavy atom. The highest BCUT2D eigenvalue weighted by atomic mass is 79.9. The molecule has 1 atom stereocenters. The van der Waals surface area contributed by atoms with Gasteiger partial charge in [0.05, 0.1) is 3.79 Å². The van der Waals surface area contributed by atoms with Crippen LogP contribution in [-0.4, -0.2) is 28.6 Å². The lowest BCUT2D eigenvalue weighted by Crippen LogP contribution is -2.35. The highest BCUT2D eigenvalue weighted by molar-refractivity contribution is 9.11. The van der Waals surface area contributed by atoms with Crippen LogP contribution in [0.3, 0.4) is 0 Å². The molecule has 1 aliphatic heterocycles. The van der Waals surface area contributed by atoms with Crippen LogP contribution in [-0.2, 0) is 11.3 Å². The number of likely N-dealkylation sites (tertiary alicyclic amines) is 1. The maximum Gasteiger partial charge on any atom is 0.320 e. The van der Waals surface area contributed by atoms with E-state index in [2.05, 4.69) is 15.9 Å². The van der Waals surface area contributed by atoms with Crippen LogP contribution in [0.4, 0.5) is 0 Å². The first-order chi connectivity index (χ1) is 7.18. The molecule has 15 heavy (non-hydrogen) atoms. The number of carboxylic acid groups (broad SMARTS) is 1. The Kier molecular flexibility index (Phi) is 3.43. The van der Waals surface area contributed by atoms with Crippen LogP contribution in [0.2, 0.25) is 0 Å². The van der Waals surface area contributed by atoms with E-state index in [1.807, 2.05) is 16.3 Å². The van der Waals surface area contributed by atoms with E-state index < -0.39 is 5.97 Å².